The lowest BCUT2D eigenvalue weighted by atomic mass is 10.0. The molecule has 8 heteroatoms. The lowest BCUT2D eigenvalue weighted by molar-refractivity contribution is -0.120. The van der Waals surface area contributed by atoms with Crippen molar-refractivity contribution in [2.45, 2.75) is 31.2 Å². The summed E-state index contributed by atoms with van der Waals surface area (Å²) in [7, 11) is -3.92. The largest absolute Gasteiger partial charge is 0.398 e. The van der Waals surface area contributed by atoms with Gasteiger partial charge in [-0.2, -0.15) is 0 Å². The van der Waals surface area contributed by atoms with Crippen LogP contribution in [0.15, 0.2) is 23.1 Å². The third-order valence-corrected chi connectivity index (χ3v) is 4.86. The number of rotatable bonds is 5. The Bertz CT molecular complexity index is 602. The molecule has 0 spiro atoms. The molecule has 1 rings (SSSR count). The lowest BCUT2D eigenvalue weighted by Gasteiger charge is -2.14. The summed E-state index contributed by atoms with van der Waals surface area (Å²) >= 11 is 1.93. The molecule has 0 aromatic heterocycles. The van der Waals surface area contributed by atoms with E-state index >= 15 is 0 Å². The smallest absolute Gasteiger partial charge is 0.264 e. The Balaban J connectivity index is 2.89. The average molecular weight is 411 g/mol. The zero-order valence-electron chi connectivity index (χ0n) is 11.3. The van der Waals surface area contributed by atoms with Crippen LogP contribution >= 0.6 is 22.6 Å². The number of hydrogen-bond acceptors (Lipinski definition) is 5. The average Bonchev–Trinajstić information content (AvgIpc) is 2.31. The van der Waals surface area contributed by atoms with E-state index in [4.69, 9.17) is 11.5 Å². The van der Waals surface area contributed by atoms with Crippen molar-refractivity contribution < 1.29 is 13.2 Å². The maximum atomic E-state index is 12.1. The SMILES string of the molecule is CC(C)C[C@H](N)C(=O)NS(=O)(=O)c1ccc(N)c(I)c1. The fourth-order valence-corrected chi connectivity index (χ4v) is 3.34. The van der Waals surface area contributed by atoms with Crippen molar-refractivity contribution in [1.29, 1.82) is 0 Å². The monoisotopic (exact) mass is 411 g/mol. The van der Waals surface area contributed by atoms with Crippen LogP contribution in [0.3, 0.4) is 0 Å². The molecule has 20 heavy (non-hydrogen) atoms. The first-order chi connectivity index (χ1) is 9.13. The van der Waals surface area contributed by atoms with Crippen LogP contribution in [0.25, 0.3) is 0 Å². The van der Waals surface area contributed by atoms with Gasteiger partial charge in [0, 0.05) is 9.26 Å². The number of carbonyl (C=O) groups is 1. The number of hydrogen-bond donors (Lipinski definition) is 3. The summed E-state index contributed by atoms with van der Waals surface area (Å²) < 4.78 is 26.7. The molecule has 0 heterocycles. The minimum atomic E-state index is -3.92. The summed E-state index contributed by atoms with van der Waals surface area (Å²) in [5, 5.41) is 0. The molecular formula is C12H18IN3O3S. The second-order valence-electron chi connectivity index (χ2n) is 4.89. The van der Waals surface area contributed by atoms with E-state index in [2.05, 4.69) is 0 Å². The standard InChI is InChI=1S/C12H18IN3O3S/c1-7(2)5-11(15)12(17)16-20(18,19)8-3-4-10(14)9(13)6-8/h3-4,6-7,11H,5,14-15H2,1-2H3,(H,16,17)/t11-/m0/s1. The molecule has 0 saturated carbocycles. The van der Waals surface area contributed by atoms with E-state index in [0.717, 1.165) is 0 Å². The van der Waals surface area contributed by atoms with Crippen LogP contribution in [0.5, 0.6) is 0 Å². The van der Waals surface area contributed by atoms with E-state index in [1.807, 2.05) is 41.2 Å². The summed E-state index contributed by atoms with van der Waals surface area (Å²) in [6, 6.07) is 3.38. The van der Waals surface area contributed by atoms with E-state index in [1.54, 1.807) is 0 Å². The molecule has 0 aliphatic rings. The Morgan fingerprint density at radius 1 is 1.40 bits per heavy atom. The Labute approximate surface area is 132 Å². The molecule has 112 valence electrons. The molecule has 0 unspecified atom stereocenters. The maximum absolute atomic E-state index is 12.1. The second-order valence-corrected chi connectivity index (χ2v) is 7.73. The van der Waals surface area contributed by atoms with E-state index in [-0.39, 0.29) is 10.8 Å². The lowest BCUT2D eigenvalue weighted by Crippen LogP contribution is -2.44. The van der Waals surface area contributed by atoms with Gasteiger partial charge >= 0.3 is 0 Å². The van der Waals surface area contributed by atoms with Crippen molar-refractivity contribution in [3.63, 3.8) is 0 Å². The van der Waals surface area contributed by atoms with Gasteiger partial charge in [0.05, 0.1) is 10.9 Å². The molecule has 1 aromatic carbocycles. The number of halogens is 1. The number of nitrogens with two attached hydrogens (primary N) is 2. The highest BCUT2D eigenvalue weighted by Crippen LogP contribution is 2.19. The van der Waals surface area contributed by atoms with Crippen molar-refractivity contribution in [2.24, 2.45) is 11.7 Å². The van der Waals surface area contributed by atoms with E-state index < -0.39 is 22.0 Å². The zero-order valence-corrected chi connectivity index (χ0v) is 14.2. The molecule has 0 aliphatic heterocycles. The first kappa shape index (κ1) is 17.2. The molecule has 1 atom stereocenters. The maximum Gasteiger partial charge on any atom is 0.264 e. The topological polar surface area (TPSA) is 115 Å². The van der Waals surface area contributed by atoms with Crippen LogP contribution in [-0.2, 0) is 14.8 Å². The van der Waals surface area contributed by atoms with Gasteiger partial charge in [-0.05, 0) is 53.1 Å². The Kier molecular flexibility index (Phi) is 5.78. The van der Waals surface area contributed by atoms with Crippen LogP contribution in [0.2, 0.25) is 0 Å². The summed E-state index contributed by atoms with van der Waals surface area (Å²) in [4.78, 5) is 11.8. The summed E-state index contributed by atoms with van der Waals surface area (Å²) in [5.74, 6) is -0.499. The highest BCUT2D eigenvalue weighted by molar-refractivity contribution is 14.1. The Morgan fingerprint density at radius 3 is 2.50 bits per heavy atom. The van der Waals surface area contributed by atoms with Crippen LogP contribution in [-0.4, -0.2) is 20.4 Å². The molecule has 6 nitrogen and oxygen atoms in total. The van der Waals surface area contributed by atoms with Crippen LogP contribution in [0.1, 0.15) is 20.3 Å². The first-order valence-electron chi connectivity index (χ1n) is 6.00. The fourth-order valence-electron chi connectivity index (χ4n) is 1.56. The van der Waals surface area contributed by atoms with Gasteiger partial charge in [0.2, 0.25) is 0 Å². The minimum Gasteiger partial charge on any atom is -0.398 e. The third kappa shape index (κ3) is 4.60. The van der Waals surface area contributed by atoms with Crippen LogP contribution in [0.4, 0.5) is 5.69 Å². The van der Waals surface area contributed by atoms with Crippen molar-refractivity contribution in [3.8, 4) is 0 Å². The van der Waals surface area contributed by atoms with Gasteiger partial charge in [0.1, 0.15) is 0 Å². The molecule has 0 aliphatic carbocycles. The minimum absolute atomic E-state index is 0.0128. The van der Waals surface area contributed by atoms with Gasteiger partial charge in [0.15, 0.2) is 0 Å². The van der Waals surface area contributed by atoms with Crippen molar-refractivity contribution in [2.75, 3.05) is 5.73 Å². The van der Waals surface area contributed by atoms with Crippen molar-refractivity contribution in [3.05, 3.63) is 21.8 Å². The highest BCUT2D eigenvalue weighted by atomic mass is 127. The van der Waals surface area contributed by atoms with Gasteiger partial charge in [-0.1, -0.05) is 13.8 Å². The second kappa shape index (κ2) is 6.72. The molecule has 0 bridgehead atoms. The van der Waals surface area contributed by atoms with Gasteiger partial charge in [0.25, 0.3) is 15.9 Å². The summed E-state index contributed by atoms with van der Waals surface area (Å²) in [6.07, 6.45) is 0.417. The van der Waals surface area contributed by atoms with E-state index in [1.165, 1.54) is 18.2 Å². The number of amides is 1. The molecule has 0 fully saturated rings. The van der Waals surface area contributed by atoms with Crippen molar-refractivity contribution in [1.82, 2.24) is 4.72 Å². The number of sulfonamides is 1. The highest BCUT2D eigenvalue weighted by Gasteiger charge is 2.23. The van der Waals surface area contributed by atoms with Gasteiger partial charge in [-0.25, -0.2) is 13.1 Å². The number of anilines is 1. The normalized spacial score (nSPS) is 13.2. The summed E-state index contributed by atoms with van der Waals surface area (Å²) in [5.41, 5.74) is 11.8. The zero-order chi connectivity index (χ0) is 15.5. The van der Waals surface area contributed by atoms with Crippen molar-refractivity contribution >= 4 is 44.2 Å². The number of benzene rings is 1. The molecule has 1 aromatic rings. The van der Waals surface area contributed by atoms with E-state index in [0.29, 0.717) is 15.7 Å². The number of carbonyl (C=O) groups excluding carboxylic acids is 1. The predicted octanol–water partition coefficient (Wildman–Crippen LogP) is 1.05. The molecule has 0 saturated heterocycles. The molecular weight excluding hydrogens is 393 g/mol. The van der Waals surface area contributed by atoms with Gasteiger partial charge in [-0.15, -0.1) is 0 Å². The third-order valence-electron chi connectivity index (χ3n) is 2.58. The predicted molar refractivity (Wildman–Crippen MR) is 86.3 cm³/mol. The molecule has 0 radical (unpaired) electrons. The first-order valence-corrected chi connectivity index (χ1v) is 8.57. The van der Waals surface area contributed by atoms with Crippen LogP contribution in [0, 0.1) is 9.49 Å². The van der Waals surface area contributed by atoms with Crippen LogP contribution < -0.4 is 16.2 Å². The fraction of sp³-hybridized carbons (Fsp3) is 0.417. The number of nitrogen functional groups attached to an aromatic ring is 1. The molecule has 5 N–H and O–H groups in total. The van der Waals surface area contributed by atoms with Gasteiger partial charge in [-0.3, -0.25) is 4.79 Å². The Hall–Kier alpha value is -0.870. The summed E-state index contributed by atoms with van der Waals surface area (Å²) in [6.45, 7) is 3.81. The van der Waals surface area contributed by atoms with Gasteiger partial charge < -0.3 is 11.5 Å². The molecule has 1 amide bonds. The Morgan fingerprint density at radius 2 is 2.00 bits per heavy atom. The van der Waals surface area contributed by atoms with E-state index in [9.17, 15) is 13.2 Å². The quantitative estimate of drug-likeness (QED) is 0.495. The number of nitrogens with one attached hydrogen (secondary N) is 1.